The van der Waals surface area contributed by atoms with Crippen LogP contribution < -0.4 is 10.6 Å². The number of nitrogens with zero attached hydrogens (tertiary/aromatic N) is 3. The zero-order valence-corrected chi connectivity index (χ0v) is 13.2. The van der Waals surface area contributed by atoms with Gasteiger partial charge in [-0.15, -0.1) is 23.7 Å². The van der Waals surface area contributed by atoms with E-state index in [0.717, 1.165) is 30.0 Å². The van der Waals surface area contributed by atoms with E-state index in [1.807, 2.05) is 0 Å². The Kier molecular flexibility index (Phi) is 4.42. The number of aromatic nitrogens is 2. The van der Waals surface area contributed by atoms with Crippen LogP contribution in [0.1, 0.15) is 32.8 Å². The van der Waals surface area contributed by atoms with Crippen LogP contribution in [0.5, 0.6) is 0 Å². The maximum atomic E-state index is 12.4. The zero-order chi connectivity index (χ0) is 16.2. The van der Waals surface area contributed by atoms with Crippen LogP contribution >= 0.6 is 11.3 Å². The molecule has 2 N–H and O–H groups in total. The maximum absolute atomic E-state index is 12.4. The number of hydrogen-bond acceptors (Lipinski definition) is 5. The molecule has 0 aliphatic carbocycles. The molecular weight excluding hydrogens is 310 g/mol. The van der Waals surface area contributed by atoms with Crippen molar-refractivity contribution in [2.75, 3.05) is 11.9 Å². The fourth-order valence-corrected chi connectivity index (χ4v) is 3.66. The van der Waals surface area contributed by atoms with Gasteiger partial charge >= 0.3 is 0 Å². The van der Waals surface area contributed by atoms with Gasteiger partial charge in [-0.05, 0) is 18.5 Å². The minimum absolute atomic E-state index is 0.264. The number of amides is 1. The Bertz CT molecular complexity index is 821. The van der Waals surface area contributed by atoms with Gasteiger partial charge in [0.1, 0.15) is 11.1 Å². The van der Waals surface area contributed by atoms with Crippen LogP contribution in [0.3, 0.4) is 0 Å². The summed E-state index contributed by atoms with van der Waals surface area (Å²) >= 11 is 1.46. The summed E-state index contributed by atoms with van der Waals surface area (Å²) in [7, 11) is 0. The number of nitrogens with one attached hydrogen (secondary N) is 2. The third kappa shape index (κ3) is 3.11. The number of nitriles is 1. The van der Waals surface area contributed by atoms with Gasteiger partial charge in [-0.3, -0.25) is 9.48 Å². The Hall–Kier alpha value is -2.61. The van der Waals surface area contributed by atoms with Crippen LogP contribution in [0.15, 0.2) is 12.4 Å². The number of aryl methyl sites for hydroxylation is 1. The fraction of sp³-hybridized carbons (Fsp3) is 0.312. The Morgan fingerprint density at radius 2 is 2.48 bits per heavy atom. The standard InChI is InChI=1S/C16H15N5OS/c1-2-3-6-21-10-11(8-19-21)15(22)20-16-13(7-17)12-4-5-18-9-14(12)23-16/h1,8,10,18H,3-6,9H2,(H,20,22). The largest absolute Gasteiger partial charge is 0.312 e. The number of fused-ring (bicyclic) bond motifs is 1. The van der Waals surface area contributed by atoms with Crippen molar-refractivity contribution < 1.29 is 4.79 Å². The van der Waals surface area contributed by atoms with Crippen molar-refractivity contribution in [1.29, 1.82) is 5.26 Å². The second-order valence-corrected chi connectivity index (χ2v) is 6.25. The molecule has 0 atom stereocenters. The smallest absolute Gasteiger partial charge is 0.259 e. The molecule has 1 amide bonds. The highest BCUT2D eigenvalue weighted by Crippen LogP contribution is 2.34. The van der Waals surface area contributed by atoms with E-state index in [1.54, 1.807) is 10.9 Å². The van der Waals surface area contributed by atoms with E-state index in [0.29, 0.717) is 29.1 Å². The molecule has 0 fully saturated rings. The van der Waals surface area contributed by atoms with Crippen LogP contribution in [0, 0.1) is 23.7 Å². The molecule has 0 unspecified atom stereocenters. The zero-order valence-electron chi connectivity index (χ0n) is 12.4. The van der Waals surface area contributed by atoms with Gasteiger partial charge in [0.15, 0.2) is 0 Å². The highest BCUT2D eigenvalue weighted by Gasteiger charge is 2.22. The lowest BCUT2D eigenvalue weighted by Crippen LogP contribution is -2.22. The van der Waals surface area contributed by atoms with Crippen LogP contribution in [0.4, 0.5) is 5.00 Å². The highest BCUT2D eigenvalue weighted by molar-refractivity contribution is 7.16. The van der Waals surface area contributed by atoms with Crippen molar-refractivity contribution >= 4 is 22.2 Å². The Morgan fingerprint density at radius 3 is 3.26 bits per heavy atom. The molecule has 3 heterocycles. The molecule has 1 aliphatic rings. The number of anilines is 1. The average molecular weight is 325 g/mol. The predicted octanol–water partition coefficient (Wildman–Crippen LogP) is 1.74. The van der Waals surface area contributed by atoms with E-state index in [1.165, 1.54) is 17.5 Å². The average Bonchev–Trinajstić information content (AvgIpc) is 3.16. The molecule has 2 aromatic heterocycles. The van der Waals surface area contributed by atoms with Crippen molar-refractivity contribution in [2.45, 2.75) is 25.9 Å². The van der Waals surface area contributed by atoms with Crippen LogP contribution in [0.25, 0.3) is 0 Å². The molecule has 6 nitrogen and oxygen atoms in total. The Morgan fingerprint density at radius 1 is 1.61 bits per heavy atom. The summed E-state index contributed by atoms with van der Waals surface area (Å²) < 4.78 is 1.64. The molecule has 0 saturated carbocycles. The van der Waals surface area contributed by atoms with Gasteiger partial charge in [-0.1, -0.05) is 0 Å². The molecule has 3 rings (SSSR count). The number of terminal acetylenes is 1. The fourth-order valence-electron chi connectivity index (χ4n) is 2.50. The number of carbonyl (C=O) groups is 1. The molecule has 116 valence electrons. The molecule has 0 aromatic carbocycles. The van der Waals surface area contributed by atoms with Gasteiger partial charge in [-0.25, -0.2) is 0 Å². The van der Waals surface area contributed by atoms with Crippen molar-refractivity contribution in [3.63, 3.8) is 0 Å². The lowest BCUT2D eigenvalue weighted by molar-refractivity contribution is 0.102. The van der Waals surface area contributed by atoms with Crippen molar-refractivity contribution in [3.8, 4) is 18.4 Å². The molecule has 0 spiro atoms. The summed E-state index contributed by atoms with van der Waals surface area (Å²) in [6.07, 6.45) is 9.76. The first-order chi connectivity index (χ1) is 11.2. The van der Waals surface area contributed by atoms with E-state index < -0.39 is 0 Å². The van der Waals surface area contributed by atoms with Gasteiger partial charge in [-0.2, -0.15) is 10.4 Å². The van der Waals surface area contributed by atoms with E-state index in [2.05, 4.69) is 27.7 Å². The molecule has 1 aliphatic heterocycles. The second kappa shape index (κ2) is 6.66. The van der Waals surface area contributed by atoms with Crippen LogP contribution in [-0.2, 0) is 19.5 Å². The van der Waals surface area contributed by atoms with Gasteiger partial charge in [0, 0.05) is 24.0 Å². The third-order valence-electron chi connectivity index (χ3n) is 3.65. The molecule has 0 radical (unpaired) electrons. The van der Waals surface area contributed by atoms with E-state index >= 15 is 0 Å². The number of carbonyl (C=O) groups excluding carboxylic acids is 1. The quantitative estimate of drug-likeness (QED) is 0.839. The molecule has 7 heteroatoms. The summed E-state index contributed by atoms with van der Waals surface area (Å²) in [5.74, 6) is 2.27. The minimum atomic E-state index is -0.264. The number of hydrogen-bond donors (Lipinski definition) is 2. The minimum Gasteiger partial charge on any atom is -0.312 e. The Balaban J connectivity index is 1.78. The summed E-state index contributed by atoms with van der Waals surface area (Å²) in [4.78, 5) is 13.5. The molecular formula is C16H15N5OS. The molecule has 23 heavy (non-hydrogen) atoms. The molecule has 0 saturated heterocycles. The van der Waals surface area contributed by atoms with Crippen molar-refractivity contribution in [3.05, 3.63) is 34.0 Å². The highest BCUT2D eigenvalue weighted by atomic mass is 32.1. The van der Waals surface area contributed by atoms with E-state index in [9.17, 15) is 10.1 Å². The molecule has 2 aromatic rings. The Labute approximate surface area is 138 Å². The summed E-state index contributed by atoms with van der Waals surface area (Å²) in [6, 6.07) is 2.22. The van der Waals surface area contributed by atoms with Gasteiger partial charge < -0.3 is 10.6 Å². The topological polar surface area (TPSA) is 82.7 Å². The lowest BCUT2D eigenvalue weighted by Gasteiger charge is -2.11. The van der Waals surface area contributed by atoms with Crippen molar-refractivity contribution in [2.24, 2.45) is 0 Å². The molecule has 0 bridgehead atoms. The number of thiophene rings is 1. The van der Waals surface area contributed by atoms with Gasteiger partial charge in [0.2, 0.25) is 0 Å². The van der Waals surface area contributed by atoms with Gasteiger partial charge in [0.05, 0.1) is 23.9 Å². The predicted molar refractivity (Wildman–Crippen MR) is 88.1 cm³/mol. The van der Waals surface area contributed by atoms with E-state index in [4.69, 9.17) is 6.42 Å². The van der Waals surface area contributed by atoms with E-state index in [-0.39, 0.29) is 5.91 Å². The first kappa shape index (κ1) is 15.3. The SMILES string of the molecule is C#CCCn1cc(C(=O)Nc2sc3c(c2C#N)CCNC3)cn1. The lowest BCUT2D eigenvalue weighted by atomic mass is 10.1. The van der Waals surface area contributed by atoms with Crippen LogP contribution in [0.2, 0.25) is 0 Å². The summed E-state index contributed by atoms with van der Waals surface area (Å²) in [5, 5.41) is 20.2. The number of rotatable bonds is 4. The summed E-state index contributed by atoms with van der Waals surface area (Å²) in [5.41, 5.74) is 2.09. The van der Waals surface area contributed by atoms with Crippen LogP contribution in [-0.4, -0.2) is 22.2 Å². The monoisotopic (exact) mass is 325 g/mol. The first-order valence-corrected chi connectivity index (χ1v) is 8.07. The second-order valence-electron chi connectivity index (χ2n) is 5.15. The maximum Gasteiger partial charge on any atom is 0.259 e. The van der Waals surface area contributed by atoms with Crippen molar-refractivity contribution in [1.82, 2.24) is 15.1 Å². The normalized spacial score (nSPS) is 13.0. The summed E-state index contributed by atoms with van der Waals surface area (Å²) in [6.45, 7) is 2.18. The third-order valence-corrected chi connectivity index (χ3v) is 4.80. The first-order valence-electron chi connectivity index (χ1n) is 7.25. The van der Waals surface area contributed by atoms with Gasteiger partial charge in [0.25, 0.3) is 5.91 Å².